The van der Waals surface area contributed by atoms with Crippen molar-refractivity contribution in [3.05, 3.63) is 30.1 Å². The van der Waals surface area contributed by atoms with E-state index in [1.165, 1.54) is 17.1 Å². The Morgan fingerprint density at radius 3 is 2.86 bits per heavy atom. The maximum atomic E-state index is 12.9. The Kier molecular flexibility index (Phi) is 4.69. The summed E-state index contributed by atoms with van der Waals surface area (Å²) in [6.45, 7) is 1.46. The molecule has 0 saturated carbocycles. The van der Waals surface area contributed by atoms with Crippen molar-refractivity contribution in [2.24, 2.45) is 0 Å². The van der Waals surface area contributed by atoms with Gasteiger partial charge < -0.3 is 4.90 Å². The largest absolute Gasteiger partial charge is 0.416 e. The van der Waals surface area contributed by atoms with Crippen LogP contribution < -0.4 is 0 Å². The van der Waals surface area contributed by atoms with Crippen molar-refractivity contribution in [3.8, 4) is 0 Å². The van der Waals surface area contributed by atoms with E-state index in [0.29, 0.717) is 25.2 Å². The lowest BCUT2D eigenvalue weighted by Gasteiger charge is -2.33. The Balaban J connectivity index is 1.47. The van der Waals surface area contributed by atoms with Crippen molar-refractivity contribution in [2.75, 3.05) is 13.1 Å². The number of likely N-dealkylation sites (tertiary alicyclic amines) is 1. The summed E-state index contributed by atoms with van der Waals surface area (Å²) in [5, 5.41) is 18.7. The summed E-state index contributed by atoms with van der Waals surface area (Å²) in [5.41, 5.74) is -0.0342. The summed E-state index contributed by atoms with van der Waals surface area (Å²) in [6.07, 6.45) is -1.15. The molecule has 0 spiro atoms. The zero-order chi connectivity index (χ0) is 19.7. The number of nitrogens with zero attached hydrogens (tertiary/aromatic N) is 8. The van der Waals surface area contributed by atoms with Crippen molar-refractivity contribution >= 4 is 16.9 Å². The summed E-state index contributed by atoms with van der Waals surface area (Å²) < 4.78 is 41.7. The Hall–Kier alpha value is -3.05. The van der Waals surface area contributed by atoms with Gasteiger partial charge in [-0.25, -0.2) is 9.36 Å². The summed E-state index contributed by atoms with van der Waals surface area (Å²) in [7, 11) is 0. The summed E-state index contributed by atoms with van der Waals surface area (Å²) in [6, 6.07) is 3.28. The summed E-state index contributed by atoms with van der Waals surface area (Å²) in [5.74, 6) is -0.0241. The van der Waals surface area contributed by atoms with Gasteiger partial charge in [0.05, 0.1) is 23.7 Å². The van der Waals surface area contributed by atoms with E-state index in [2.05, 4.69) is 25.8 Å². The molecular formula is C16H17F3N8O. The van der Waals surface area contributed by atoms with Crippen LogP contribution in [0.4, 0.5) is 13.2 Å². The van der Waals surface area contributed by atoms with E-state index in [4.69, 9.17) is 0 Å². The van der Waals surface area contributed by atoms with E-state index in [1.807, 2.05) is 0 Å². The summed E-state index contributed by atoms with van der Waals surface area (Å²) >= 11 is 0. The van der Waals surface area contributed by atoms with Gasteiger partial charge in [0.2, 0.25) is 5.91 Å². The first-order valence-corrected chi connectivity index (χ1v) is 8.82. The zero-order valence-electron chi connectivity index (χ0n) is 14.7. The number of aromatic nitrogens is 7. The van der Waals surface area contributed by atoms with Crippen molar-refractivity contribution in [1.29, 1.82) is 0 Å². The normalized spacial score (nSPS) is 18.0. The molecule has 3 aromatic rings. The number of benzene rings is 1. The molecule has 9 nitrogen and oxygen atoms in total. The second-order valence-electron chi connectivity index (χ2n) is 6.69. The van der Waals surface area contributed by atoms with Crippen LogP contribution in [0.5, 0.6) is 0 Å². The molecule has 1 aliphatic rings. The quantitative estimate of drug-likeness (QED) is 0.668. The number of carbonyl (C=O) groups is 1. The van der Waals surface area contributed by atoms with Crippen LogP contribution in [0.1, 0.15) is 30.9 Å². The third kappa shape index (κ3) is 3.66. The number of piperidine rings is 1. The van der Waals surface area contributed by atoms with Crippen molar-refractivity contribution in [2.45, 2.75) is 38.0 Å². The molecule has 1 atom stereocenters. The second-order valence-corrected chi connectivity index (χ2v) is 6.69. The fraction of sp³-hybridized carbons (Fsp3) is 0.500. The van der Waals surface area contributed by atoms with Crippen LogP contribution in [-0.4, -0.2) is 59.1 Å². The topological polar surface area (TPSA) is 94.6 Å². The summed E-state index contributed by atoms with van der Waals surface area (Å²) in [4.78, 5) is 14.2. The minimum absolute atomic E-state index is 0.0241. The maximum absolute atomic E-state index is 12.9. The van der Waals surface area contributed by atoms with Gasteiger partial charge in [0.1, 0.15) is 11.8 Å². The standard InChI is InChI=1S/C16H17F3N8O/c17-16(18,19)11-3-4-14-13(8-11)21-23-27(14)12-2-1-6-25(9-12)15(28)5-7-26-10-20-22-24-26/h3-4,8,10,12H,1-2,5-7,9H2/t12-/m0/s1. The molecule has 3 heterocycles. The van der Waals surface area contributed by atoms with Gasteiger partial charge in [-0.1, -0.05) is 5.21 Å². The third-order valence-electron chi connectivity index (χ3n) is 4.84. The van der Waals surface area contributed by atoms with E-state index < -0.39 is 11.7 Å². The maximum Gasteiger partial charge on any atom is 0.416 e. The lowest BCUT2D eigenvalue weighted by atomic mass is 10.0. The molecule has 1 aliphatic heterocycles. The van der Waals surface area contributed by atoms with Crippen molar-refractivity contribution < 1.29 is 18.0 Å². The van der Waals surface area contributed by atoms with Crippen molar-refractivity contribution in [3.63, 3.8) is 0 Å². The average molecular weight is 394 g/mol. The molecule has 1 fully saturated rings. The first kappa shape index (κ1) is 18.3. The number of hydrogen-bond acceptors (Lipinski definition) is 6. The van der Waals surface area contributed by atoms with Gasteiger partial charge in [-0.05, 0) is 41.5 Å². The molecule has 1 saturated heterocycles. The van der Waals surface area contributed by atoms with Crippen LogP contribution >= 0.6 is 0 Å². The predicted molar refractivity (Wildman–Crippen MR) is 89.8 cm³/mol. The number of halogens is 3. The highest BCUT2D eigenvalue weighted by Gasteiger charge is 2.32. The number of tetrazole rings is 1. The van der Waals surface area contributed by atoms with Crippen LogP contribution in [0.2, 0.25) is 0 Å². The first-order valence-electron chi connectivity index (χ1n) is 8.82. The molecule has 1 aromatic carbocycles. The molecule has 1 amide bonds. The number of fused-ring (bicyclic) bond motifs is 1. The molecular weight excluding hydrogens is 377 g/mol. The van der Waals surface area contributed by atoms with Crippen LogP contribution in [0.15, 0.2) is 24.5 Å². The SMILES string of the molecule is O=C(CCn1cnnn1)N1CCC[C@H](n2nnc3cc(C(F)(F)F)ccc32)C1. The van der Waals surface area contributed by atoms with Gasteiger partial charge in [0.15, 0.2) is 0 Å². The van der Waals surface area contributed by atoms with Gasteiger partial charge >= 0.3 is 6.18 Å². The third-order valence-corrected chi connectivity index (χ3v) is 4.84. The van der Waals surface area contributed by atoms with Gasteiger partial charge in [-0.2, -0.15) is 13.2 Å². The van der Waals surface area contributed by atoms with Crippen LogP contribution in [0.25, 0.3) is 11.0 Å². The molecule has 28 heavy (non-hydrogen) atoms. The highest BCUT2D eigenvalue weighted by Crippen LogP contribution is 2.32. The molecule has 0 radical (unpaired) electrons. The van der Waals surface area contributed by atoms with E-state index in [9.17, 15) is 18.0 Å². The van der Waals surface area contributed by atoms with Crippen molar-refractivity contribution in [1.82, 2.24) is 40.1 Å². The van der Waals surface area contributed by atoms with E-state index in [0.717, 1.165) is 25.0 Å². The minimum atomic E-state index is -4.42. The molecule has 0 unspecified atom stereocenters. The predicted octanol–water partition coefficient (Wildman–Crippen LogP) is 1.69. The second kappa shape index (κ2) is 7.17. The zero-order valence-corrected chi connectivity index (χ0v) is 14.7. The van der Waals surface area contributed by atoms with Gasteiger partial charge in [0, 0.05) is 19.5 Å². The van der Waals surface area contributed by atoms with Crippen LogP contribution in [-0.2, 0) is 17.5 Å². The molecule has 12 heteroatoms. The molecule has 148 valence electrons. The first-order chi connectivity index (χ1) is 13.4. The van der Waals surface area contributed by atoms with Crippen LogP contribution in [0, 0.1) is 0 Å². The number of rotatable bonds is 4. The number of alkyl halides is 3. The fourth-order valence-electron chi connectivity index (χ4n) is 3.42. The van der Waals surface area contributed by atoms with Gasteiger partial charge in [-0.3, -0.25) is 4.79 Å². The lowest BCUT2D eigenvalue weighted by molar-refractivity contribution is -0.137. The molecule has 2 aromatic heterocycles. The number of carbonyl (C=O) groups excluding carboxylic acids is 1. The Bertz CT molecular complexity index is 968. The van der Waals surface area contributed by atoms with Crippen LogP contribution in [0.3, 0.4) is 0 Å². The molecule has 0 aliphatic carbocycles. The fourth-order valence-corrected chi connectivity index (χ4v) is 3.42. The number of hydrogen-bond donors (Lipinski definition) is 0. The Morgan fingerprint density at radius 2 is 2.11 bits per heavy atom. The molecule has 4 rings (SSSR count). The van der Waals surface area contributed by atoms with E-state index in [-0.39, 0.29) is 23.9 Å². The Morgan fingerprint density at radius 1 is 1.25 bits per heavy atom. The number of aryl methyl sites for hydroxylation is 1. The molecule has 0 bridgehead atoms. The smallest absolute Gasteiger partial charge is 0.340 e. The Labute approximate surface area is 157 Å². The lowest BCUT2D eigenvalue weighted by Crippen LogP contribution is -2.41. The molecule has 0 N–H and O–H groups in total. The highest BCUT2D eigenvalue weighted by molar-refractivity contribution is 5.77. The highest BCUT2D eigenvalue weighted by atomic mass is 19.4. The van der Waals surface area contributed by atoms with Gasteiger partial charge in [-0.15, -0.1) is 10.2 Å². The monoisotopic (exact) mass is 394 g/mol. The van der Waals surface area contributed by atoms with Gasteiger partial charge in [0.25, 0.3) is 0 Å². The van der Waals surface area contributed by atoms with E-state index >= 15 is 0 Å². The average Bonchev–Trinajstić information content (AvgIpc) is 3.34. The minimum Gasteiger partial charge on any atom is -0.340 e. The number of amides is 1. The van der Waals surface area contributed by atoms with E-state index in [1.54, 1.807) is 9.58 Å².